The van der Waals surface area contributed by atoms with Crippen molar-refractivity contribution >= 4 is 28.4 Å². The van der Waals surface area contributed by atoms with Crippen LogP contribution in [0.2, 0.25) is 0 Å². The van der Waals surface area contributed by atoms with Crippen LogP contribution >= 0.6 is 11.3 Å². The molecule has 1 amide bonds. The SMILES string of the molecule is CCOC(=O)Nc1cc(C)c(C(=O)OCC)s1. The van der Waals surface area contributed by atoms with Crippen molar-refractivity contribution in [1.82, 2.24) is 0 Å². The molecule has 0 saturated heterocycles. The Morgan fingerprint density at radius 1 is 1.29 bits per heavy atom. The van der Waals surface area contributed by atoms with Crippen LogP contribution in [0.4, 0.5) is 9.80 Å². The first-order chi connectivity index (χ1) is 8.08. The lowest BCUT2D eigenvalue weighted by Gasteiger charge is -2.01. The Kier molecular flexibility index (Phi) is 4.96. The molecule has 0 unspecified atom stereocenters. The van der Waals surface area contributed by atoms with Crippen LogP contribution in [0.5, 0.6) is 0 Å². The average Bonchev–Trinajstić information content (AvgIpc) is 2.60. The fraction of sp³-hybridized carbons (Fsp3) is 0.455. The van der Waals surface area contributed by atoms with Crippen molar-refractivity contribution in [3.8, 4) is 0 Å². The summed E-state index contributed by atoms with van der Waals surface area (Å²) in [6.07, 6.45) is -0.524. The molecule has 1 N–H and O–H groups in total. The molecule has 0 saturated carbocycles. The van der Waals surface area contributed by atoms with Gasteiger partial charge in [-0.1, -0.05) is 0 Å². The summed E-state index contributed by atoms with van der Waals surface area (Å²) in [4.78, 5) is 23.2. The molecule has 17 heavy (non-hydrogen) atoms. The van der Waals surface area contributed by atoms with E-state index in [4.69, 9.17) is 9.47 Å². The Labute approximate surface area is 104 Å². The van der Waals surface area contributed by atoms with Crippen LogP contribution in [0, 0.1) is 6.92 Å². The third-order valence-corrected chi connectivity index (χ3v) is 3.01. The van der Waals surface area contributed by atoms with Gasteiger partial charge in [0.25, 0.3) is 0 Å². The van der Waals surface area contributed by atoms with Gasteiger partial charge in [-0.25, -0.2) is 9.59 Å². The Morgan fingerprint density at radius 3 is 2.53 bits per heavy atom. The van der Waals surface area contributed by atoms with Gasteiger partial charge in [-0.2, -0.15) is 0 Å². The molecular formula is C11H15NO4S. The lowest BCUT2D eigenvalue weighted by molar-refractivity contribution is 0.0531. The van der Waals surface area contributed by atoms with Gasteiger partial charge in [0.2, 0.25) is 0 Å². The summed E-state index contributed by atoms with van der Waals surface area (Å²) in [5.74, 6) is -0.369. The molecule has 94 valence electrons. The smallest absolute Gasteiger partial charge is 0.412 e. The molecule has 0 aliphatic heterocycles. The second-order valence-electron chi connectivity index (χ2n) is 3.19. The topological polar surface area (TPSA) is 64.6 Å². The molecule has 6 heteroatoms. The van der Waals surface area contributed by atoms with Crippen LogP contribution in [-0.4, -0.2) is 25.3 Å². The number of hydrogen-bond donors (Lipinski definition) is 1. The molecule has 1 heterocycles. The molecule has 0 fully saturated rings. The summed E-state index contributed by atoms with van der Waals surface area (Å²) >= 11 is 1.18. The van der Waals surface area contributed by atoms with E-state index in [9.17, 15) is 9.59 Å². The van der Waals surface area contributed by atoms with Gasteiger partial charge >= 0.3 is 12.1 Å². The molecule has 5 nitrogen and oxygen atoms in total. The van der Waals surface area contributed by atoms with E-state index < -0.39 is 6.09 Å². The molecular weight excluding hydrogens is 242 g/mol. The van der Waals surface area contributed by atoms with Crippen LogP contribution in [0.3, 0.4) is 0 Å². The maximum Gasteiger partial charge on any atom is 0.412 e. The van der Waals surface area contributed by atoms with Gasteiger partial charge in [-0.15, -0.1) is 11.3 Å². The van der Waals surface area contributed by atoms with Gasteiger partial charge in [0.15, 0.2) is 0 Å². The number of amides is 1. The Balaban J connectivity index is 2.74. The number of hydrogen-bond acceptors (Lipinski definition) is 5. The second kappa shape index (κ2) is 6.24. The van der Waals surface area contributed by atoms with Crippen molar-refractivity contribution in [3.05, 3.63) is 16.5 Å². The summed E-state index contributed by atoms with van der Waals surface area (Å²) in [6, 6.07) is 1.72. The molecule has 1 aromatic rings. The van der Waals surface area contributed by atoms with E-state index >= 15 is 0 Å². The zero-order chi connectivity index (χ0) is 12.8. The number of esters is 1. The highest BCUT2D eigenvalue weighted by molar-refractivity contribution is 7.18. The van der Waals surface area contributed by atoms with Crippen LogP contribution < -0.4 is 5.32 Å². The van der Waals surface area contributed by atoms with Crippen LogP contribution in [0.1, 0.15) is 29.1 Å². The highest BCUT2D eigenvalue weighted by Crippen LogP contribution is 2.27. The first-order valence-corrected chi connectivity index (χ1v) is 6.11. The molecule has 0 atom stereocenters. The summed E-state index contributed by atoms with van der Waals surface area (Å²) in [5.41, 5.74) is 0.778. The van der Waals surface area contributed by atoms with E-state index in [0.29, 0.717) is 23.1 Å². The summed E-state index contributed by atoms with van der Waals surface area (Å²) in [7, 11) is 0. The Hall–Kier alpha value is -1.56. The largest absolute Gasteiger partial charge is 0.462 e. The van der Waals surface area contributed by atoms with Gasteiger partial charge in [-0.3, -0.25) is 5.32 Å². The first kappa shape index (κ1) is 13.5. The molecule has 0 bridgehead atoms. The zero-order valence-electron chi connectivity index (χ0n) is 10.0. The van der Waals surface area contributed by atoms with Crippen molar-refractivity contribution in [1.29, 1.82) is 0 Å². The third-order valence-electron chi connectivity index (χ3n) is 1.88. The number of ether oxygens (including phenoxy) is 2. The van der Waals surface area contributed by atoms with Crippen molar-refractivity contribution in [2.24, 2.45) is 0 Å². The second-order valence-corrected chi connectivity index (χ2v) is 4.24. The van der Waals surface area contributed by atoms with Gasteiger partial charge in [-0.05, 0) is 32.4 Å². The minimum atomic E-state index is -0.524. The lowest BCUT2D eigenvalue weighted by atomic mass is 10.3. The van der Waals surface area contributed by atoms with Crippen LogP contribution in [0.15, 0.2) is 6.07 Å². The van der Waals surface area contributed by atoms with Gasteiger partial charge in [0.05, 0.1) is 18.2 Å². The van der Waals surface area contributed by atoms with Gasteiger partial charge < -0.3 is 9.47 Å². The number of anilines is 1. The minimum Gasteiger partial charge on any atom is -0.462 e. The Bertz CT molecular complexity index is 414. The average molecular weight is 257 g/mol. The summed E-state index contributed by atoms with van der Waals surface area (Å²) in [5, 5.41) is 3.12. The van der Waals surface area contributed by atoms with Gasteiger partial charge in [0.1, 0.15) is 4.88 Å². The van der Waals surface area contributed by atoms with E-state index in [0.717, 1.165) is 5.56 Å². The molecule has 0 radical (unpaired) electrons. The third kappa shape index (κ3) is 3.74. The molecule has 1 rings (SSSR count). The maximum atomic E-state index is 11.5. The minimum absolute atomic E-state index is 0.306. The zero-order valence-corrected chi connectivity index (χ0v) is 10.8. The highest BCUT2D eigenvalue weighted by Gasteiger charge is 2.15. The number of thiophene rings is 1. The normalized spacial score (nSPS) is 9.82. The van der Waals surface area contributed by atoms with E-state index in [1.807, 2.05) is 0 Å². The fourth-order valence-electron chi connectivity index (χ4n) is 1.21. The molecule has 0 aliphatic carbocycles. The Morgan fingerprint density at radius 2 is 1.94 bits per heavy atom. The summed E-state index contributed by atoms with van der Waals surface area (Å²) < 4.78 is 9.65. The fourth-order valence-corrected chi connectivity index (χ4v) is 2.16. The van der Waals surface area contributed by atoms with Crippen molar-refractivity contribution in [2.45, 2.75) is 20.8 Å². The quantitative estimate of drug-likeness (QED) is 0.842. The standard InChI is InChI=1S/C11H15NO4S/c1-4-15-10(13)9-7(3)6-8(17-9)12-11(14)16-5-2/h6H,4-5H2,1-3H3,(H,12,14). The molecule has 0 spiro atoms. The van der Waals surface area contributed by atoms with Crippen LogP contribution in [0.25, 0.3) is 0 Å². The monoisotopic (exact) mass is 257 g/mol. The highest BCUT2D eigenvalue weighted by atomic mass is 32.1. The number of carbonyl (C=O) groups excluding carboxylic acids is 2. The van der Waals surface area contributed by atoms with Gasteiger partial charge in [0, 0.05) is 0 Å². The lowest BCUT2D eigenvalue weighted by Crippen LogP contribution is -2.12. The predicted octanol–water partition coefficient (Wildman–Crippen LogP) is 2.80. The van der Waals surface area contributed by atoms with E-state index in [1.54, 1.807) is 26.8 Å². The molecule has 0 aliphatic rings. The van der Waals surface area contributed by atoms with Crippen molar-refractivity contribution in [3.63, 3.8) is 0 Å². The number of carbonyl (C=O) groups is 2. The van der Waals surface area contributed by atoms with Crippen molar-refractivity contribution in [2.75, 3.05) is 18.5 Å². The van der Waals surface area contributed by atoms with E-state index in [2.05, 4.69) is 5.32 Å². The van der Waals surface area contributed by atoms with E-state index in [1.165, 1.54) is 11.3 Å². The number of aryl methyl sites for hydroxylation is 1. The number of nitrogens with one attached hydrogen (secondary N) is 1. The molecule has 0 aromatic carbocycles. The summed E-state index contributed by atoms with van der Waals surface area (Å²) in [6.45, 7) is 5.90. The predicted molar refractivity (Wildman–Crippen MR) is 65.7 cm³/mol. The van der Waals surface area contributed by atoms with Crippen molar-refractivity contribution < 1.29 is 19.1 Å². The maximum absolute atomic E-state index is 11.5. The first-order valence-electron chi connectivity index (χ1n) is 5.29. The van der Waals surface area contributed by atoms with E-state index in [-0.39, 0.29) is 5.97 Å². The van der Waals surface area contributed by atoms with Crippen LogP contribution in [-0.2, 0) is 9.47 Å². The number of rotatable bonds is 4. The molecule has 1 aromatic heterocycles.